The summed E-state index contributed by atoms with van der Waals surface area (Å²) in [4.78, 5) is 0. The molecule has 0 rings (SSSR count). The van der Waals surface area contributed by atoms with Gasteiger partial charge in [0.2, 0.25) is 0 Å². The van der Waals surface area contributed by atoms with E-state index in [9.17, 15) is 0 Å². The van der Waals surface area contributed by atoms with Crippen LogP contribution in [0, 0.1) is 28.6 Å². The summed E-state index contributed by atoms with van der Waals surface area (Å²) < 4.78 is 0. The van der Waals surface area contributed by atoms with Crippen LogP contribution in [0.1, 0.15) is 12.8 Å². The van der Waals surface area contributed by atoms with Crippen LogP contribution >= 0.6 is 0 Å². The fraction of sp³-hybridized carbons (Fsp3) is 0.667. The summed E-state index contributed by atoms with van der Waals surface area (Å²) in [5.74, 6) is -0.135. The average Bonchev–Trinajstić information content (AvgIpc) is 1.91. The Labute approximate surface area is 54.7 Å². The van der Waals surface area contributed by atoms with Crippen molar-refractivity contribution in [3.63, 3.8) is 0 Å². The molecule has 0 radical (unpaired) electrons. The van der Waals surface area contributed by atoms with Crippen molar-refractivity contribution in [3.05, 3.63) is 0 Å². The van der Waals surface area contributed by atoms with Crippen LogP contribution in [0.3, 0.4) is 0 Å². The van der Waals surface area contributed by atoms with Crippen molar-refractivity contribution in [2.24, 2.45) is 11.7 Å². The lowest BCUT2D eigenvalue weighted by Gasteiger charge is -1.98. The Morgan fingerprint density at radius 2 is 2.11 bits per heavy atom. The Morgan fingerprint density at radius 3 is 2.44 bits per heavy atom. The normalized spacial score (nSPS) is 11.4. The van der Waals surface area contributed by atoms with E-state index >= 15 is 0 Å². The lowest BCUT2D eigenvalue weighted by molar-refractivity contribution is 0.625. The smallest absolute Gasteiger partial charge is 0.0669 e. The van der Waals surface area contributed by atoms with E-state index in [0.717, 1.165) is 0 Å². The Balaban J connectivity index is 3.37. The third kappa shape index (κ3) is 3.52. The van der Waals surface area contributed by atoms with Crippen molar-refractivity contribution in [1.82, 2.24) is 0 Å². The Morgan fingerprint density at radius 1 is 1.44 bits per heavy atom. The van der Waals surface area contributed by atoms with Crippen LogP contribution < -0.4 is 5.73 Å². The summed E-state index contributed by atoms with van der Waals surface area (Å²) in [6.45, 7) is 0.359. The summed E-state index contributed by atoms with van der Waals surface area (Å²) in [5.41, 5.74) is 5.19. The van der Waals surface area contributed by atoms with Crippen molar-refractivity contribution in [2.75, 3.05) is 6.54 Å². The van der Waals surface area contributed by atoms with E-state index in [2.05, 4.69) is 0 Å². The average molecular weight is 123 g/mol. The predicted molar refractivity (Wildman–Crippen MR) is 33.0 cm³/mol. The van der Waals surface area contributed by atoms with Crippen LogP contribution in [-0.2, 0) is 0 Å². The molecule has 0 saturated carbocycles. The van der Waals surface area contributed by atoms with E-state index < -0.39 is 0 Å². The molecule has 0 aliphatic heterocycles. The number of nitrogens with two attached hydrogens (primary N) is 1. The van der Waals surface area contributed by atoms with Crippen LogP contribution in [0.5, 0.6) is 0 Å². The first-order valence-electron chi connectivity index (χ1n) is 2.81. The van der Waals surface area contributed by atoms with E-state index in [4.69, 9.17) is 16.3 Å². The zero-order valence-corrected chi connectivity index (χ0v) is 5.17. The SMILES string of the molecule is N#CCCC(C#N)CN. The molecule has 3 heteroatoms. The van der Waals surface area contributed by atoms with Gasteiger partial charge in [-0.2, -0.15) is 10.5 Å². The van der Waals surface area contributed by atoms with Crippen molar-refractivity contribution in [1.29, 1.82) is 10.5 Å². The fourth-order valence-corrected chi connectivity index (χ4v) is 0.474. The van der Waals surface area contributed by atoms with Crippen LogP contribution in [-0.4, -0.2) is 6.54 Å². The van der Waals surface area contributed by atoms with Gasteiger partial charge in [-0.3, -0.25) is 0 Å². The zero-order valence-electron chi connectivity index (χ0n) is 5.17. The molecule has 0 aliphatic carbocycles. The second-order valence-corrected chi connectivity index (χ2v) is 1.76. The Bertz CT molecular complexity index is 139. The first kappa shape index (κ1) is 7.94. The molecule has 0 spiro atoms. The van der Waals surface area contributed by atoms with Crippen LogP contribution in [0.15, 0.2) is 0 Å². The topological polar surface area (TPSA) is 73.6 Å². The predicted octanol–water partition coefficient (Wildman–Crippen LogP) is 0.389. The summed E-state index contributed by atoms with van der Waals surface area (Å²) in [7, 11) is 0. The first-order valence-corrected chi connectivity index (χ1v) is 2.81. The molecule has 0 amide bonds. The molecule has 1 unspecified atom stereocenters. The minimum absolute atomic E-state index is 0.135. The minimum atomic E-state index is -0.135. The molecule has 0 aromatic rings. The fourth-order valence-electron chi connectivity index (χ4n) is 0.474. The van der Waals surface area contributed by atoms with E-state index in [0.29, 0.717) is 19.4 Å². The molecule has 3 nitrogen and oxygen atoms in total. The monoisotopic (exact) mass is 123 g/mol. The summed E-state index contributed by atoms with van der Waals surface area (Å²) >= 11 is 0. The lowest BCUT2D eigenvalue weighted by Crippen LogP contribution is -2.11. The molecule has 2 N–H and O–H groups in total. The number of nitriles is 2. The van der Waals surface area contributed by atoms with Gasteiger partial charge in [0.05, 0.1) is 18.1 Å². The Hall–Kier alpha value is -1.06. The second-order valence-electron chi connectivity index (χ2n) is 1.76. The molecule has 48 valence electrons. The maximum Gasteiger partial charge on any atom is 0.0669 e. The van der Waals surface area contributed by atoms with Gasteiger partial charge in [0.25, 0.3) is 0 Å². The van der Waals surface area contributed by atoms with Crippen molar-refractivity contribution in [2.45, 2.75) is 12.8 Å². The second kappa shape index (κ2) is 5.08. The van der Waals surface area contributed by atoms with Gasteiger partial charge in [0.1, 0.15) is 0 Å². The number of rotatable bonds is 3. The maximum absolute atomic E-state index is 8.31. The van der Waals surface area contributed by atoms with Gasteiger partial charge in [-0.05, 0) is 6.42 Å². The van der Waals surface area contributed by atoms with Gasteiger partial charge >= 0.3 is 0 Å². The van der Waals surface area contributed by atoms with Gasteiger partial charge in [-0.15, -0.1) is 0 Å². The molecule has 0 aromatic heterocycles. The number of hydrogen-bond acceptors (Lipinski definition) is 3. The summed E-state index contributed by atoms with van der Waals surface area (Å²) in [6, 6.07) is 3.97. The molecule has 0 aliphatic rings. The third-order valence-electron chi connectivity index (χ3n) is 1.07. The van der Waals surface area contributed by atoms with Crippen LogP contribution in [0.25, 0.3) is 0 Å². The molecular formula is C6H9N3. The minimum Gasteiger partial charge on any atom is -0.329 e. The summed E-state index contributed by atoms with van der Waals surface area (Å²) in [6.07, 6.45) is 1.03. The van der Waals surface area contributed by atoms with E-state index in [1.165, 1.54) is 0 Å². The molecule has 0 fully saturated rings. The molecule has 0 saturated heterocycles. The molecule has 0 heterocycles. The van der Waals surface area contributed by atoms with Crippen molar-refractivity contribution >= 4 is 0 Å². The van der Waals surface area contributed by atoms with Gasteiger partial charge in [0.15, 0.2) is 0 Å². The van der Waals surface area contributed by atoms with Crippen LogP contribution in [0.4, 0.5) is 0 Å². The highest BCUT2D eigenvalue weighted by atomic mass is 14.5. The Kier molecular flexibility index (Phi) is 4.49. The van der Waals surface area contributed by atoms with E-state index in [-0.39, 0.29) is 5.92 Å². The maximum atomic E-state index is 8.31. The van der Waals surface area contributed by atoms with Gasteiger partial charge < -0.3 is 5.73 Å². The highest BCUT2D eigenvalue weighted by molar-refractivity contribution is 4.86. The van der Waals surface area contributed by atoms with Gasteiger partial charge in [0, 0.05) is 13.0 Å². The first-order chi connectivity index (χ1) is 4.35. The quantitative estimate of drug-likeness (QED) is 0.589. The van der Waals surface area contributed by atoms with Gasteiger partial charge in [-0.25, -0.2) is 0 Å². The van der Waals surface area contributed by atoms with E-state index in [1.807, 2.05) is 12.1 Å². The van der Waals surface area contributed by atoms with Crippen molar-refractivity contribution < 1.29 is 0 Å². The number of nitrogens with zero attached hydrogens (tertiary/aromatic N) is 2. The number of hydrogen-bond donors (Lipinski definition) is 1. The zero-order chi connectivity index (χ0) is 7.11. The standard InChI is InChI=1S/C6H9N3/c7-3-1-2-6(4-8)5-9/h6H,1-2,4,8H2. The highest BCUT2D eigenvalue weighted by Crippen LogP contribution is 2.00. The molecule has 1 atom stereocenters. The highest BCUT2D eigenvalue weighted by Gasteiger charge is 2.01. The largest absolute Gasteiger partial charge is 0.329 e. The molecule has 0 aromatic carbocycles. The molecule has 9 heavy (non-hydrogen) atoms. The molecule has 0 bridgehead atoms. The summed E-state index contributed by atoms with van der Waals surface area (Å²) in [5, 5.41) is 16.4. The van der Waals surface area contributed by atoms with Crippen LogP contribution in [0.2, 0.25) is 0 Å². The van der Waals surface area contributed by atoms with Crippen molar-refractivity contribution in [3.8, 4) is 12.1 Å². The lowest BCUT2D eigenvalue weighted by atomic mass is 10.1. The molecular weight excluding hydrogens is 114 g/mol. The van der Waals surface area contributed by atoms with Gasteiger partial charge in [-0.1, -0.05) is 0 Å². The van der Waals surface area contributed by atoms with E-state index in [1.54, 1.807) is 0 Å². The third-order valence-corrected chi connectivity index (χ3v) is 1.07.